The average Bonchev–Trinajstić information content (AvgIpc) is 2.65. The Bertz CT molecular complexity index is 797. The molecule has 1 saturated heterocycles. The minimum absolute atomic E-state index is 0.0419. The molecule has 2 aromatic carbocycles. The number of carbonyl (C=O) groups excluding carboxylic acids is 1. The van der Waals surface area contributed by atoms with Gasteiger partial charge in [-0.1, -0.05) is 29.8 Å². The molecule has 2 N–H and O–H groups in total. The maximum atomic E-state index is 13.2. The summed E-state index contributed by atoms with van der Waals surface area (Å²) < 4.78 is 13.2. The molecule has 2 aromatic rings. The first kappa shape index (κ1) is 18.4. The Morgan fingerprint density at radius 2 is 1.62 bits per heavy atom. The summed E-state index contributed by atoms with van der Waals surface area (Å²) in [4.78, 5) is 16.0. The largest absolute Gasteiger partial charge is 0.345 e. The van der Waals surface area contributed by atoms with Crippen LogP contribution in [0.1, 0.15) is 0 Å². The number of para-hydroxylation sites is 1. The van der Waals surface area contributed by atoms with Gasteiger partial charge in [0.25, 0.3) is 0 Å². The van der Waals surface area contributed by atoms with E-state index >= 15 is 0 Å². The molecule has 1 fully saturated rings. The number of hydrogen-bond donors (Lipinski definition) is 2. The molecular weight excluding hydrogens is 375 g/mol. The Kier molecular flexibility index (Phi) is 5.90. The number of rotatable bonds is 2. The fourth-order valence-electron chi connectivity index (χ4n) is 2.61. The molecule has 136 valence electrons. The van der Waals surface area contributed by atoms with E-state index in [9.17, 15) is 9.18 Å². The predicted molar refractivity (Wildman–Crippen MR) is 106 cm³/mol. The van der Waals surface area contributed by atoms with Gasteiger partial charge in [0.15, 0.2) is 5.11 Å². The lowest BCUT2D eigenvalue weighted by atomic mass is 10.3. The molecular formula is C18H18ClFN4OS. The Hall–Kier alpha value is -2.38. The molecule has 0 bridgehead atoms. The molecule has 2 amide bonds. The standard InChI is InChI=1S/C18H18ClFN4OS/c19-15-12-14(6-7-16(15)20)22-18(26)24-10-8-23(9-11-24)17(25)21-13-4-2-1-3-5-13/h1-7,12H,8-11H2,(H,21,25)(H,22,26). The summed E-state index contributed by atoms with van der Waals surface area (Å²) in [6.45, 7) is 2.35. The number of nitrogens with one attached hydrogen (secondary N) is 2. The zero-order valence-corrected chi connectivity index (χ0v) is 15.5. The normalized spacial score (nSPS) is 14.1. The fraction of sp³-hybridized carbons (Fsp3) is 0.222. The van der Waals surface area contributed by atoms with Gasteiger partial charge >= 0.3 is 6.03 Å². The van der Waals surface area contributed by atoms with E-state index in [0.29, 0.717) is 37.0 Å². The van der Waals surface area contributed by atoms with Crippen molar-refractivity contribution in [2.45, 2.75) is 0 Å². The first-order valence-electron chi connectivity index (χ1n) is 8.15. The number of carbonyl (C=O) groups is 1. The van der Waals surface area contributed by atoms with Crippen LogP contribution in [0.4, 0.5) is 20.6 Å². The van der Waals surface area contributed by atoms with Crippen LogP contribution in [0.3, 0.4) is 0 Å². The Morgan fingerprint density at radius 1 is 0.962 bits per heavy atom. The summed E-state index contributed by atoms with van der Waals surface area (Å²) in [5.74, 6) is -0.471. The van der Waals surface area contributed by atoms with E-state index in [1.165, 1.54) is 12.1 Å². The zero-order valence-electron chi connectivity index (χ0n) is 13.9. The predicted octanol–water partition coefficient (Wildman–Crippen LogP) is 4.03. The molecule has 1 aliphatic heterocycles. The molecule has 0 radical (unpaired) electrons. The van der Waals surface area contributed by atoms with Gasteiger partial charge in [0.2, 0.25) is 0 Å². The summed E-state index contributed by atoms with van der Waals surface area (Å²) in [7, 11) is 0. The highest BCUT2D eigenvalue weighted by Gasteiger charge is 2.22. The summed E-state index contributed by atoms with van der Waals surface area (Å²) in [6.07, 6.45) is 0. The topological polar surface area (TPSA) is 47.6 Å². The average molecular weight is 393 g/mol. The van der Waals surface area contributed by atoms with Gasteiger partial charge in [-0.05, 0) is 42.5 Å². The van der Waals surface area contributed by atoms with Crippen molar-refractivity contribution in [1.29, 1.82) is 0 Å². The van der Waals surface area contributed by atoms with Gasteiger partial charge < -0.3 is 20.4 Å². The second kappa shape index (κ2) is 8.33. The third kappa shape index (κ3) is 4.62. The third-order valence-corrected chi connectivity index (χ3v) is 4.70. The molecule has 0 saturated carbocycles. The number of hydrogen-bond acceptors (Lipinski definition) is 2. The fourth-order valence-corrected chi connectivity index (χ4v) is 3.09. The van der Waals surface area contributed by atoms with Gasteiger partial charge in [0.1, 0.15) is 5.82 Å². The van der Waals surface area contributed by atoms with Crippen LogP contribution in [0, 0.1) is 5.82 Å². The van der Waals surface area contributed by atoms with Gasteiger partial charge in [-0.25, -0.2) is 9.18 Å². The van der Waals surface area contributed by atoms with Crippen molar-refractivity contribution in [1.82, 2.24) is 9.80 Å². The molecule has 0 aromatic heterocycles. The molecule has 1 aliphatic rings. The minimum atomic E-state index is -0.471. The van der Waals surface area contributed by atoms with Crippen molar-refractivity contribution in [3.05, 3.63) is 59.4 Å². The zero-order chi connectivity index (χ0) is 18.5. The minimum Gasteiger partial charge on any atom is -0.345 e. The van der Waals surface area contributed by atoms with Crippen molar-refractivity contribution >= 4 is 46.3 Å². The number of benzene rings is 2. The molecule has 0 spiro atoms. The molecule has 1 heterocycles. The van der Waals surface area contributed by atoms with E-state index in [4.69, 9.17) is 23.8 Å². The molecule has 26 heavy (non-hydrogen) atoms. The molecule has 0 aliphatic carbocycles. The van der Waals surface area contributed by atoms with Gasteiger partial charge in [0.05, 0.1) is 5.02 Å². The quantitative estimate of drug-likeness (QED) is 0.758. The lowest BCUT2D eigenvalue weighted by Crippen LogP contribution is -2.52. The van der Waals surface area contributed by atoms with E-state index in [1.807, 2.05) is 35.2 Å². The van der Waals surface area contributed by atoms with Crippen molar-refractivity contribution in [3.8, 4) is 0 Å². The van der Waals surface area contributed by atoms with Crippen molar-refractivity contribution in [2.75, 3.05) is 36.8 Å². The highest BCUT2D eigenvalue weighted by molar-refractivity contribution is 7.80. The van der Waals surface area contributed by atoms with Crippen LogP contribution in [-0.4, -0.2) is 47.1 Å². The molecule has 3 rings (SSSR count). The van der Waals surface area contributed by atoms with E-state index in [-0.39, 0.29) is 11.1 Å². The summed E-state index contributed by atoms with van der Waals surface area (Å²) in [5, 5.41) is 6.49. The summed E-state index contributed by atoms with van der Waals surface area (Å²) >= 11 is 11.2. The van der Waals surface area contributed by atoms with Crippen LogP contribution in [0.5, 0.6) is 0 Å². The molecule has 8 heteroatoms. The highest BCUT2D eigenvalue weighted by atomic mass is 35.5. The van der Waals surface area contributed by atoms with Gasteiger partial charge in [0, 0.05) is 37.6 Å². The second-order valence-electron chi connectivity index (χ2n) is 5.83. The maximum Gasteiger partial charge on any atom is 0.321 e. The number of amides is 2. The SMILES string of the molecule is O=C(Nc1ccccc1)N1CCN(C(=S)Nc2ccc(F)c(Cl)c2)CC1. The molecule has 0 atom stereocenters. The smallest absolute Gasteiger partial charge is 0.321 e. The summed E-state index contributed by atoms with van der Waals surface area (Å²) in [5.41, 5.74) is 1.40. The first-order chi connectivity index (χ1) is 12.5. The Morgan fingerprint density at radius 3 is 2.27 bits per heavy atom. The maximum absolute atomic E-state index is 13.2. The van der Waals surface area contributed by atoms with Gasteiger partial charge in [-0.3, -0.25) is 0 Å². The van der Waals surface area contributed by atoms with E-state index < -0.39 is 5.82 Å². The number of halogens is 2. The van der Waals surface area contributed by atoms with Crippen LogP contribution in [0.2, 0.25) is 5.02 Å². The number of anilines is 2. The second-order valence-corrected chi connectivity index (χ2v) is 6.62. The molecule has 5 nitrogen and oxygen atoms in total. The lowest BCUT2D eigenvalue weighted by molar-refractivity contribution is 0.182. The van der Waals surface area contributed by atoms with E-state index in [0.717, 1.165) is 5.69 Å². The van der Waals surface area contributed by atoms with Crippen molar-refractivity contribution < 1.29 is 9.18 Å². The van der Waals surface area contributed by atoms with Crippen LogP contribution in [-0.2, 0) is 0 Å². The number of thiocarbonyl (C=S) groups is 1. The van der Waals surface area contributed by atoms with E-state index in [2.05, 4.69) is 10.6 Å². The van der Waals surface area contributed by atoms with Crippen molar-refractivity contribution in [3.63, 3.8) is 0 Å². The number of piperazine rings is 1. The first-order valence-corrected chi connectivity index (χ1v) is 8.93. The highest BCUT2D eigenvalue weighted by Crippen LogP contribution is 2.20. The van der Waals surface area contributed by atoms with Crippen LogP contribution < -0.4 is 10.6 Å². The summed E-state index contributed by atoms with van der Waals surface area (Å²) in [6, 6.07) is 13.6. The monoisotopic (exact) mass is 392 g/mol. The Labute approximate surface area is 161 Å². The van der Waals surface area contributed by atoms with Gasteiger partial charge in [-0.15, -0.1) is 0 Å². The Balaban J connectivity index is 1.50. The van der Waals surface area contributed by atoms with E-state index in [1.54, 1.807) is 11.0 Å². The van der Waals surface area contributed by atoms with Crippen molar-refractivity contribution in [2.24, 2.45) is 0 Å². The lowest BCUT2D eigenvalue weighted by Gasteiger charge is -2.36. The number of urea groups is 1. The van der Waals surface area contributed by atoms with Crippen LogP contribution >= 0.6 is 23.8 Å². The molecule has 0 unspecified atom stereocenters. The van der Waals surface area contributed by atoms with Crippen LogP contribution in [0.25, 0.3) is 0 Å². The third-order valence-electron chi connectivity index (χ3n) is 4.05. The van der Waals surface area contributed by atoms with Gasteiger partial charge in [-0.2, -0.15) is 0 Å². The number of nitrogens with zero attached hydrogens (tertiary/aromatic N) is 2. The van der Waals surface area contributed by atoms with Crippen LogP contribution in [0.15, 0.2) is 48.5 Å².